The highest BCUT2D eigenvalue weighted by atomic mass is 32.2. The number of carbonyl (C=O) groups excluding carboxylic acids is 2. The molecule has 1 saturated heterocycles. The van der Waals surface area contributed by atoms with Gasteiger partial charge in [-0.2, -0.15) is 0 Å². The number of nitrogens with one attached hydrogen (secondary N) is 1. The quantitative estimate of drug-likeness (QED) is 0.440. The molecule has 37 heavy (non-hydrogen) atoms. The molecule has 3 aromatic rings. The summed E-state index contributed by atoms with van der Waals surface area (Å²) in [7, 11) is -2.51. The van der Waals surface area contributed by atoms with Crippen LogP contribution >= 0.6 is 0 Å². The number of aryl methyl sites for hydroxylation is 1. The molecule has 0 aliphatic carbocycles. The third kappa shape index (κ3) is 6.11. The highest BCUT2D eigenvalue weighted by Crippen LogP contribution is 2.27. The fourth-order valence-corrected chi connectivity index (χ4v) is 5.90. The second-order valence-electron chi connectivity index (χ2n) is 8.94. The van der Waals surface area contributed by atoms with Crippen molar-refractivity contribution in [2.24, 2.45) is 0 Å². The van der Waals surface area contributed by atoms with Gasteiger partial charge in [-0.05, 0) is 60.4 Å². The summed E-state index contributed by atoms with van der Waals surface area (Å²) in [5.41, 5.74) is 2.91. The Morgan fingerprint density at radius 3 is 2.38 bits per heavy atom. The zero-order valence-electron chi connectivity index (χ0n) is 21.0. The molecule has 1 aliphatic heterocycles. The van der Waals surface area contributed by atoms with Crippen molar-refractivity contribution in [3.8, 4) is 5.75 Å². The SMILES string of the molecule is COc1ccc(S(=O)(=O)N(CC(=O)NCc2ccccc2CN2CCCC2=O)c2ccccc2)cc1C. The molecule has 1 aliphatic rings. The van der Waals surface area contributed by atoms with Crippen molar-refractivity contribution in [1.29, 1.82) is 0 Å². The molecular weight excluding hydrogens is 490 g/mol. The number of ether oxygens (including phenoxy) is 1. The van der Waals surface area contributed by atoms with Crippen LogP contribution in [0.2, 0.25) is 0 Å². The average Bonchev–Trinajstić information content (AvgIpc) is 3.31. The summed E-state index contributed by atoms with van der Waals surface area (Å²) < 4.78 is 33.6. The van der Waals surface area contributed by atoms with E-state index in [0.717, 1.165) is 28.4 Å². The van der Waals surface area contributed by atoms with Crippen LogP contribution in [0.1, 0.15) is 29.5 Å². The zero-order valence-corrected chi connectivity index (χ0v) is 21.8. The molecule has 4 rings (SSSR count). The lowest BCUT2D eigenvalue weighted by Crippen LogP contribution is -2.40. The highest BCUT2D eigenvalue weighted by molar-refractivity contribution is 7.92. The van der Waals surface area contributed by atoms with Crippen LogP contribution < -0.4 is 14.4 Å². The lowest BCUT2D eigenvalue weighted by atomic mass is 10.1. The van der Waals surface area contributed by atoms with E-state index >= 15 is 0 Å². The summed E-state index contributed by atoms with van der Waals surface area (Å²) in [6.07, 6.45) is 1.42. The van der Waals surface area contributed by atoms with E-state index in [1.807, 2.05) is 29.2 Å². The Labute approximate surface area is 217 Å². The van der Waals surface area contributed by atoms with E-state index < -0.39 is 15.9 Å². The van der Waals surface area contributed by atoms with Crippen LogP contribution in [0.3, 0.4) is 0 Å². The summed E-state index contributed by atoms with van der Waals surface area (Å²) in [5.74, 6) is 0.276. The van der Waals surface area contributed by atoms with E-state index in [1.54, 1.807) is 43.3 Å². The summed E-state index contributed by atoms with van der Waals surface area (Å²) >= 11 is 0. The van der Waals surface area contributed by atoms with Crippen LogP contribution in [-0.4, -0.2) is 45.3 Å². The first-order valence-electron chi connectivity index (χ1n) is 12.1. The van der Waals surface area contributed by atoms with Crippen LogP contribution in [0.4, 0.5) is 5.69 Å². The molecule has 0 radical (unpaired) electrons. The van der Waals surface area contributed by atoms with Crippen LogP contribution in [0.5, 0.6) is 5.75 Å². The van der Waals surface area contributed by atoms with E-state index in [0.29, 0.717) is 30.0 Å². The third-order valence-electron chi connectivity index (χ3n) is 6.41. The molecular formula is C28H31N3O5S. The number of likely N-dealkylation sites (tertiary alicyclic amines) is 1. The number of sulfonamides is 1. The van der Waals surface area contributed by atoms with Gasteiger partial charge in [-0.1, -0.05) is 42.5 Å². The van der Waals surface area contributed by atoms with Crippen molar-refractivity contribution in [2.75, 3.05) is 24.5 Å². The van der Waals surface area contributed by atoms with Crippen LogP contribution in [0.25, 0.3) is 0 Å². The number of hydrogen-bond acceptors (Lipinski definition) is 5. The van der Waals surface area contributed by atoms with Gasteiger partial charge < -0.3 is 15.0 Å². The lowest BCUT2D eigenvalue weighted by molar-refractivity contribution is -0.128. The van der Waals surface area contributed by atoms with Crippen molar-refractivity contribution >= 4 is 27.5 Å². The number of para-hydroxylation sites is 1. The molecule has 1 N–H and O–H groups in total. The molecule has 1 heterocycles. The van der Waals surface area contributed by atoms with Crippen molar-refractivity contribution in [1.82, 2.24) is 10.2 Å². The van der Waals surface area contributed by atoms with Crippen LogP contribution in [-0.2, 0) is 32.7 Å². The van der Waals surface area contributed by atoms with Gasteiger partial charge in [0.05, 0.1) is 17.7 Å². The molecule has 0 bridgehead atoms. The standard InChI is InChI=1S/C28H31N3O5S/c1-21-17-25(14-15-26(21)36-2)37(34,35)31(24-11-4-3-5-12-24)20-27(32)29-18-22-9-6-7-10-23(22)19-30-16-8-13-28(30)33/h3-7,9-12,14-15,17H,8,13,16,18-20H2,1-2H3,(H,29,32). The van der Waals surface area contributed by atoms with E-state index in [-0.39, 0.29) is 23.9 Å². The number of anilines is 1. The van der Waals surface area contributed by atoms with E-state index in [1.165, 1.54) is 19.2 Å². The van der Waals surface area contributed by atoms with Crippen molar-refractivity contribution in [3.05, 3.63) is 89.5 Å². The molecule has 194 valence electrons. The van der Waals surface area contributed by atoms with Gasteiger partial charge in [0.15, 0.2) is 0 Å². The van der Waals surface area contributed by atoms with Gasteiger partial charge in [-0.15, -0.1) is 0 Å². The van der Waals surface area contributed by atoms with Gasteiger partial charge in [0.2, 0.25) is 11.8 Å². The molecule has 0 atom stereocenters. The van der Waals surface area contributed by atoms with Crippen LogP contribution in [0, 0.1) is 6.92 Å². The first kappa shape index (κ1) is 26.2. The molecule has 1 fully saturated rings. The third-order valence-corrected chi connectivity index (χ3v) is 8.18. The van der Waals surface area contributed by atoms with E-state index in [4.69, 9.17) is 4.74 Å². The smallest absolute Gasteiger partial charge is 0.264 e. The van der Waals surface area contributed by atoms with Crippen molar-refractivity contribution < 1.29 is 22.7 Å². The van der Waals surface area contributed by atoms with Gasteiger partial charge >= 0.3 is 0 Å². The Morgan fingerprint density at radius 1 is 1.03 bits per heavy atom. The van der Waals surface area contributed by atoms with Gasteiger partial charge in [0, 0.05) is 26.1 Å². The largest absolute Gasteiger partial charge is 0.496 e. The Hall–Kier alpha value is -3.85. The number of hydrogen-bond donors (Lipinski definition) is 1. The summed E-state index contributed by atoms with van der Waals surface area (Å²) in [5, 5.41) is 2.86. The van der Waals surface area contributed by atoms with Gasteiger partial charge in [0.1, 0.15) is 12.3 Å². The monoisotopic (exact) mass is 521 g/mol. The molecule has 0 saturated carbocycles. The number of carbonyl (C=O) groups is 2. The molecule has 9 heteroatoms. The minimum atomic E-state index is -4.04. The highest BCUT2D eigenvalue weighted by Gasteiger charge is 2.28. The topological polar surface area (TPSA) is 96.0 Å². The average molecular weight is 522 g/mol. The van der Waals surface area contributed by atoms with Gasteiger partial charge in [0.25, 0.3) is 10.0 Å². The predicted molar refractivity (Wildman–Crippen MR) is 142 cm³/mol. The Bertz CT molecular complexity index is 1380. The predicted octanol–water partition coefficient (Wildman–Crippen LogP) is 3.64. The maximum atomic E-state index is 13.6. The number of amides is 2. The summed E-state index contributed by atoms with van der Waals surface area (Å²) in [6.45, 7) is 2.83. The molecule has 3 aromatic carbocycles. The zero-order chi connectivity index (χ0) is 26.4. The Balaban J connectivity index is 1.52. The van der Waals surface area contributed by atoms with Crippen molar-refractivity contribution in [2.45, 2.75) is 37.8 Å². The summed E-state index contributed by atoms with van der Waals surface area (Å²) in [4.78, 5) is 27.0. The van der Waals surface area contributed by atoms with E-state index in [2.05, 4.69) is 5.32 Å². The Kier molecular flexibility index (Phi) is 8.13. The maximum absolute atomic E-state index is 13.6. The Morgan fingerprint density at radius 2 is 1.73 bits per heavy atom. The normalized spacial score (nSPS) is 13.5. The minimum absolute atomic E-state index is 0.0723. The fraction of sp³-hybridized carbons (Fsp3) is 0.286. The van der Waals surface area contributed by atoms with E-state index in [9.17, 15) is 18.0 Å². The molecule has 0 unspecified atom stereocenters. The number of methoxy groups -OCH3 is 1. The first-order valence-corrected chi connectivity index (χ1v) is 13.6. The number of nitrogens with zero attached hydrogens (tertiary/aromatic N) is 2. The molecule has 0 aromatic heterocycles. The molecule has 2 amide bonds. The maximum Gasteiger partial charge on any atom is 0.264 e. The van der Waals surface area contributed by atoms with Gasteiger partial charge in [-0.3, -0.25) is 13.9 Å². The minimum Gasteiger partial charge on any atom is -0.496 e. The fourth-order valence-electron chi connectivity index (χ4n) is 4.39. The first-order chi connectivity index (χ1) is 17.8. The summed E-state index contributed by atoms with van der Waals surface area (Å²) in [6, 6.07) is 20.8. The van der Waals surface area contributed by atoms with Gasteiger partial charge in [-0.25, -0.2) is 8.42 Å². The molecule has 0 spiro atoms. The number of benzene rings is 3. The van der Waals surface area contributed by atoms with Crippen LogP contribution in [0.15, 0.2) is 77.7 Å². The van der Waals surface area contributed by atoms with Crippen molar-refractivity contribution in [3.63, 3.8) is 0 Å². The number of rotatable bonds is 10. The molecule has 8 nitrogen and oxygen atoms in total. The second kappa shape index (κ2) is 11.5. The second-order valence-corrected chi connectivity index (χ2v) is 10.8. The lowest BCUT2D eigenvalue weighted by Gasteiger charge is -2.24.